The number of hydrogen-bond donors (Lipinski definition) is 3. The lowest BCUT2D eigenvalue weighted by Crippen LogP contribution is -2.73. The lowest BCUT2D eigenvalue weighted by Gasteiger charge is -2.49. The van der Waals surface area contributed by atoms with Crippen molar-refractivity contribution in [3.8, 4) is 0 Å². The van der Waals surface area contributed by atoms with Gasteiger partial charge in [0.25, 0.3) is 11.8 Å². The standard InChI is InChI=1S/C21H20F2N6O5S3/c1-9-5-28(2)4-3-12(9)36-8-13-16(19(32)33)29-11(7-35-13)15(18(29)31)26-17(30)14(27-34-20(22)23)10-6-37-21(24)25-10/h3-6,11,15,20H,7-8H2,1-2H3,(H3-,24,25,26,30,32,33)/p+1. The zero-order valence-electron chi connectivity index (χ0n) is 19.4. The lowest BCUT2D eigenvalue weighted by atomic mass is 9.94. The summed E-state index contributed by atoms with van der Waals surface area (Å²) in [6.07, 6.45) is 3.84. The number of carboxylic acids is 1. The van der Waals surface area contributed by atoms with Gasteiger partial charge in [-0.1, -0.05) is 5.16 Å². The van der Waals surface area contributed by atoms with Crippen molar-refractivity contribution >= 4 is 63.5 Å². The number of carboxylic acid groups (broad SMARTS) is 1. The van der Waals surface area contributed by atoms with E-state index in [0.717, 1.165) is 26.7 Å². The number of β-lactam (4-membered cyclic amide) rings is 1. The summed E-state index contributed by atoms with van der Waals surface area (Å²) in [5, 5.41) is 16.9. The van der Waals surface area contributed by atoms with Gasteiger partial charge in [0.05, 0.1) is 6.04 Å². The summed E-state index contributed by atoms with van der Waals surface area (Å²) in [4.78, 5) is 48.3. The van der Waals surface area contributed by atoms with Crippen LogP contribution in [0.25, 0.3) is 0 Å². The Labute approximate surface area is 221 Å². The van der Waals surface area contributed by atoms with Crippen LogP contribution in [-0.2, 0) is 26.3 Å². The highest BCUT2D eigenvalue weighted by molar-refractivity contribution is 8.06. The monoisotopic (exact) mass is 571 g/mol. The number of alkyl halides is 2. The molecular weight excluding hydrogens is 550 g/mol. The molecule has 0 bridgehead atoms. The van der Waals surface area contributed by atoms with Gasteiger partial charge >= 0.3 is 12.6 Å². The minimum Gasteiger partial charge on any atom is -0.477 e. The number of thioether (sulfide) groups is 2. The first-order chi connectivity index (χ1) is 17.6. The van der Waals surface area contributed by atoms with E-state index in [-0.39, 0.29) is 16.5 Å². The Morgan fingerprint density at radius 1 is 1.49 bits per heavy atom. The first kappa shape index (κ1) is 26.8. The summed E-state index contributed by atoms with van der Waals surface area (Å²) in [6, 6.07) is 0.217. The third kappa shape index (κ3) is 5.70. The third-order valence-electron chi connectivity index (χ3n) is 5.45. The van der Waals surface area contributed by atoms with Crippen LogP contribution in [0.3, 0.4) is 0 Å². The van der Waals surface area contributed by atoms with Crippen molar-refractivity contribution in [2.75, 3.05) is 17.2 Å². The Balaban J connectivity index is 1.50. The number of amides is 2. The number of fused-ring (bicyclic) bond motifs is 1. The van der Waals surface area contributed by atoms with Crippen LogP contribution in [0, 0.1) is 6.92 Å². The van der Waals surface area contributed by atoms with Crippen LogP contribution in [-0.4, -0.2) is 68.7 Å². The average molecular weight is 572 g/mol. The molecule has 2 unspecified atom stereocenters. The van der Waals surface area contributed by atoms with E-state index < -0.39 is 42.2 Å². The Morgan fingerprint density at radius 2 is 2.24 bits per heavy atom. The predicted molar refractivity (Wildman–Crippen MR) is 133 cm³/mol. The van der Waals surface area contributed by atoms with E-state index in [2.05, 4.69) is 20.3 Å². The van der Waals surface area contributed by atoms with Gasteiger partial charge in [0.1, 0.15) is 24.5 Å². The van der Waals surface area contributed by atoms with E-state index in [4.69, 9.17) is 5.73 Å². The predicted octanol–water partition coefficient (Wildman–Crippen LogP) is 1.33. The van der Waals surface area contributed by atoms with Crippen molar-refractivity contribution in [1.29, 1.82) is 0 Å². The number of aryl methyl sites for hydroxylation is 2. The normalized spacial score (nSPS) is 19.5. The van der Waals surface area contributed by atoms with Crippen LogP contribution in [0.2, 0.25) is 0 Å². The minimum absolute atomic E-state index is 0.0725. The van der Waals surface area contributed by atoms with E-state index in [1.807, 2.05) is 37.0 Å². The van der Waals surface area contributed by atoms with Gasteiger partial charge in [0.15, 0.2) is 23.2 Å². The summed E-state index contributed by atoms with van der Waals surface area (Å²) in [5.74, 6) is -2.19. The van der Waals surface area contributed by atoms with E-state index in [0.29, 0.717) is 16.4 Å². The van der Waals surface area contributed by atoms with Crippen molar-refractivity contribution < 1.29 is 37.7 Å². The molecule has 2 aromatic heterocycles. The molecule has 4 heterocycles. The number of nitrogen functional groups attached to an aromatic ring is 1. The molecule has 16 heteroatoms. The molecule has 0 spiro atoms. The van der Waals surface area contributed by atoms with Crippen molar-refractivity contribution in [2.24, 2.45) is 12.2 Å². The second-order valence-electron chi connectivity index (χ2n) is 7.94. The van der Waals surface area contributed by atoms with E-state index in [9.17, 15) is 28.3 Å². The number of nitrogens with zero attached hydrogens (tertiary/aromatic N) is 4. The van der Waals surface area contributed by atoms with Gasteiger partial charge in [-0.3, -0.25) is 14.5 Å². The SMILES string of the molecule is Cc1c[n+](C)ccc1SCC1=C(C(=O)O)N2C(=O)C(NC(=O)C(=NOC(F)F)c3csc(N)n3)C2CS1. The molecule has 4 rings (SSSR count). The molecule has 2 atom stereocenters. The number of hydrogen-bond acceptors (Lipinski definition) is 10. The number of thiazole rings is 1. The number of oxime groups is 1. The Bertz CT molecular complexity index is 1320. The topological polar surface area (TPSA) is 151 Å². The summed E-state index contributed by atoms with van der Waals surface area (Å²) in [6.45, 7) is -1.33. The molecular formula is C21H21F2N6O5S3+. The molecule has 2 aliphatic rings. The first-order valence-corrected chi connectivity index (χ1v) is 13.5. The van der Waals surface area contributed by atoms with Gasteiger partial charge in [0, 0.05) is 38.3 Å². The zero-order chi connectivity index (χ0) is 26.9. The lowest BCUT2D eigenvalue weighted by molar-refractivity contribution is -0.672. The van der Waals surface area contributed by atoms with Crippen LogP contribution in [0.15, 0.2) is 44.5 Å². The second kappa shape index (κ2) is 11.0. The molecule has 2 aliphatic heterocycles. The van der Waals surface area contributed by atoms with Gasteiger partial charge in [-0.25, -0.2) is 14.3 Å². The number of rotatable bonds is 9. The van der Waals surface area contributed by atoms with Crippen LogP contribution < -0.4 is 15.6 Å². The number of halogens is 2. The fourth-order valence-electron chi connectivity index (χ4n) is 3.81. The molecule has 11 nitrogen and oxygen atoms in total. The van der Waals surface area contributed by atoms with E-state index in [1.54, 1.807) is 0 Å². The molecule has 2 amide bonds. The van der Waals surface area contributed by atoms with Crippen molar-refractivity contribution in [1.82, 2.24) is 15.2 Å². The summed E-state index contributed by atoms with van der Waals surface area (Å²) < 4.78 is 27.0. The van der Waals surface area contributed by atoms with Gasteiger partial charge in [0.2, 0.25) is 0 Å². The number of aromatic nitrogens is 2. The molecule has 4 N–H and O–H groups in total. The summed E-state index contributed by atoms with van der Waals surface area (Å²) in [5.41, 5.74) is 5.77. The minimum atomic E-state index is -3.28. The van der Waals surface area contributed by atoms with Crippen molar-refractivity contribution in [3.63, 3.8) is 0 Å². The molecule has 37 heavy (non-hydrogen) atoms. The molecule has 0 radical (unpaired) electrons. The maximum atomic E-state index is 13.0. The van der Waals surface area contributed by atoms with Crippen LogP contribution >= 0.6 is 34.9 Å². The van der Waals surface area contributed by atoms with E-state index in [1.165, 1.54) is 28.9 Å². The quantitative estimate of drug-likeness (QED) is 0.133. The molecule has 0 aliphatic carbocycles. The largest absolute Gasteiger partial charge is 0.477 e. The number of anilines is 1. The highest BCUT2D eigenvalue weighted by atomic mass is 32.2. The number of carbonyl (C=O) groups excluding carboxylic acids is 2. The molecule has 196 valence electrons. The molecule has 0 aromatic carbocycles. The Morgan fingerprint density at radius 3 is 2.86 bits per heavy atom. The fourth-order valence-corrected chi connectivity index (χ4v) is 6.76. The Hall–Kier alpha value is -3.24. The Kier molecular flexibility index (Phi) is 7.99. The maximum Gasteiger partial charge on any atom is 0.407 e. The van der Waals surface area contributed by atoms with Crippen LogP contribution in [0.4, 0.5) is 13.9 Å². The molecule has 1 fully saturated rings. The number of nitrogens with one attached hydrogen (secondary N) is 1. The molecule has 1 saturated heterocycles. The summed E-state index contributed by atoms with van der Waals surface area (Å²) in [7, 11) is 1.90. The molecule has 0 saturated carbocycles. The number of aliphatic carboxylic acids is 1. The summed E-state index contributed by atoms with van der Waals surface area (Å²) >= 11 is 3.72. The van der Waals surface area contributed by atoms with Gasteiger partial charge in [-0.2, -0.15) is 8.78 Å². The average Bonchev–Trinajstić information content (AvgIpc) is 3.26. The number of carbonyl (C=O) groups is 3. The van der Waals surface area contributed by atoms with Gasteiger partial charge < -0.3 is 21.0 Å². The van der Waals surface area contributed by atoms with Crippen molar-refractivity contribution in [2.45, 2.75) is 30.5 Å². The van der Waals surface area contributed by atoms with Gasteiger partial charge in [-0.05, 0) is 6.92 Å². The van der Waals surface area contributed by atoms with Gasteiger partial charge in [-0.15, -0.1) is 34.9 Å². The number of nitrogens with two attached hydrogens (primary N) is 1. The smallest absolute Gasteiger partial charge is 0.407 e. The number of pyridine rings is 1. The third-order valence-corrected chi connectivity index (χ3v) is 8.70. The van der Waals surface area contributed by atoms with E-state index >= 15 is 0 Å². The van der Waals surface area contributed by atoms with Crippen molar-refractivity contribution in [3.05, 3.63) is 45.7 Å². The van der Waals surface area contributed by atoms with Crippen LogP contribution in [0.1, 0.15) is 11.3 Å². The first-order valence-electron chi connectivity index (χ1n) is 10.6. The fraction of sp³-hybridized carbons (Fsp3) is 0.333. The highest BCUT2D eigenvalue weighted by Gasteiger charge is 2.54. The zero-order valence-corrected chi connectivity index (χ0v) is 21.8. The maximum absolute atomic E-state index is 13.0. The van der Waals surface area contributed by atoms with Crippen LogP contribution in [0.5, 0.6) is 0 Å². The highest BCUT2D eigenvalue weighted by Crippen LogP contribution is 2.41. The molecule has 2 aromatic rings. The second-order valence-corrected chi connectivity index (χ2v) is 11.0.